The van der Waals surface area contributed by atoms with Crippen molar-refractivity contribution in [1.29, 1.82) is 0 Å². The van der Waals surface area contributed by atoms with E-state index in [2.05, 4.69) is 15.0 Å². The summed E-state index contributed by atoms with van der Waals surface area (Å²) in [7, 11) is 1.64. The normalized spacial score (nSPS) is 16.2. The molecule has 150 valence electrons. The number of ether oxygens (including phenoxy) is 1. The highest BCUT2D eigenvalue weighted by atomic mass is 16.5. The van der Waals surface area contributed by atoms with E-state index < -0.39 is 0 Å². The fraction of sp³-hybridized carbons (Fsp3) is 0.217. The number of hydrogen-bond acceptors (Lipinski definition) is 5. The van der Waals surface area contributed by atoms with Crippen LogP contribution in [0.3, 0.4) is 0 Å². The van der Waals surface area contributed by atoms with Gasteiger partial charge in [0.2, 0.25) is 0 Å². The zero-order valence-corrected chi connectivity index (χ0v) is 16.6. The van der Waals surface area contributed by atoms with Gasteiger partial charge in [-0.3, -0.25) is 4.79 Å². The molecule has 1 N–H and O–H groups in total. The second-order valence-electron chi connectivity index (χ2n) is 7.33. The number of fused-ring (bicyclic) bond motifs is 1. The van der Waals surface area contributed by atoms with Crippen LogP contribution >= 0.6 is 0 Å². The van der Waals surface area contributed by atoms with Crippen LogP contribution in [0.1, 0.15) is 34.9 Å². The van der Waals surface area contributed by atoms with Gasteiger partial charge in [0, 0.05) is 23.9 Å². The van der Waals surface area contributed by atoms with Gasteiger partial charge in [0.15, 0.2) is 5.82 Å². The Labute approximate surface area is 173 Å². The molecule has 2 aromatic carbocycles. The molecule has 4 aromatic rings. The van der Waals surface area contributed by atoms with E-state index in [0.717, 1.165) is 40.9 Å². The zero-order chi connectivity index (χ0) is 20.5. The van der Waals surface area contributed by atoms with E-state index >= 15 is 0 Å². The van der Waals surface area contributed by atoms with Gasteiger partial charge in [0.25, 0.3) is 5.91 Å². The summed E-state index contributed by atoms with van der Waals surface area (Å²) < 4.78 is 5.31. The number of benzene rings is 2. The van der Waals surface area contributed by atoms with Crippen molar-refractivity contribution in [2.75, 3.05) is 13.7 Å². The molecule has 0 saturated carbocycles. The Morgan fingerprint density at radius 1 is 1.17 bits per heavy atom. The van der Waals surface area contributed by atoms with Gasteiger partial charge < -0.3 is 14.6 Å². The average Bonchev–Trinajstić information content (AvgIpc) is 3.48. The molecule has 0 unspecified atom stereocenters. The number of likely N-dealkylation sites (tertiary alicyclic amines) is 1. The van der Waals surface area contributed by atoms with Gasteiger partial charge in [-0.25, -0.2) is 15.0 Å². The quantitative estimate of drug-likeness (QED) is 0.561. The Morgan fingerprint density at radius 2 is 2.10 bits per heavy atom. The molecule has 0 aliphatic carbocycles. The molecule has 1 saturated heterocycles. The molecule has 0 radical (unpaired) electrons. The summed E-state index contributed by atoms with van der Waals surface area (Å²) in [4.78, 5) is 31.7. The maximum absolute atomic E-state index is 13.3. The Kier molecular flexibility index (Phi) is 4.63. The third kappa shape index (κ3) is 3.28. The fourth-order valence-corrected chi connectivity index (χ4v) is 4.01. The highest BCUT2D eigenvalue weighted by Crippen LogP contribution is 2.33. The number of imidazole rings is 1. The van der Waals surface area contributed by atoms with Crippen LogP contribution in [0.15, 0.2) is 61.1 Å². The number of aromatic nitrogens is 4. The van der Waals surface area contributed by atoms with E-state index in [0.29, 0.717) is 17.9 Å². The zero-order valence-electron chi connectivity index (χ0n) is 16.6. The number of H-pyrrole nitrogens is 1. The van der Waals surface area contributed by atoms with Crippen molar-refractivity contribution in [3.8, 4) is 17.1 Å². The van der Waals surface area contributed by atoms with Crippen molar-refractivity contribution in [3.05, 3.63) is 72.3 Å². The predicted octanol–water partition coefficient (Wildman–Crippen LogP) is 4.01. The maximum Gasteiger partial charge on any atom is 0.254 e. The van der Waals surface area contributed by atoms with E-state index in [9.17, 15) is 4.79 Å². The minimum absolute atomic E-state index is 0.00976. The summed E-state index contributed by atoms with van der Waals surface area (Å²) in [5, 5.41) is 0. The summed E-state index contributed by atoms with van der Waals surface area (Å²) in [6.07, 6.45) is 5.22. The number of nitrogens with zero attached hydrogens (tertiary/aromatic N) is 4. The molecule has 1 aliphatic rings. The maximum atomic E-state index is 13.3. The van der Waals surface area contributed by atoms with Gasteiger partial charge >= 0.3 is 0 Å². The van der Waals surface area contributed by atoms with Crippen LogP contribution < -0.4 is 4.74 Å². The summed E-state index contributed by atoms with van der Waals surface area (Å²) >= 11 is 0. The number of nitrogens with one attached hydrogen (secondary N) is 1. The number of aromatic amines is 1. The van der Waals surface area contributed by atoms with Crippen molar-refractivity contribution >= 4 is 16.9 Å². The lowest BCUT2D eigenvalue weighted by Gasteiger charge is -2.24. The molecule has 7 heteroatoms. The number of amides is 1. The topological polar surface area (TPSA) is 84.0 Å². The molecule has 3 heterocycles. The van der Waals surface area contributed by atoms with E-state index in [1.165, 1.54) is 0 Å². The van der Waals surface area contributed by atoms with Crippen molar-refractivity contribution in [3.63, 3.8) is 0 Å². The molecule has 1 atom stereocenters. The SMILES string of the molecule is COc1cccc(-c2nccc([C@H]3CCCN3C(=O)c3ccc4nc[nH]c4c3)n2)c1. The summed E-state index contributed by atoms with van der Waals surface area (Å²) in [5.74, 6) is 1.40. The van der Waals surface area contributed by atoms with Crippen molar-refractivity contribution in [2.45, 2.75) is 18.9 Å². The minimum atomic E-state index is -0.0673. The van der Waals surface area contributed by atoms with Gasteiger partial charge in [-0.1, -0.05) is 12.1 Å². The second-order valence-corrected chi connectivity index (χ2v) is 7.33. The van der Waals surface area contributed by atoms with E-state index in [1.807, 2.05) is 53.4 Å². The molecule has 7 nitrogen and oxygen atoms in total. The first-order valence-corrected chi connectivity index (χ1v) is 9.94. The third-order valence-corrected chi connectivity index (χ3v) is 5.53. The summed E-state index contributed by atoms with van der Waals surface area (Å²) in [6, 6.07) is 15.1. The summed E-state index contributed by atoms with van der Waals surface area (Å²) in [6.45, 7) is 0.711. The number of hydrogen-bond donors (Lipinski definition) is 1. The van der Waals surface area contributed by atoms with Gasteiger partial charge in [0.05, 0.1) is 36.2 Å². The third-order valence-electron chi connectivity index (χ3n) is 5.53. The molecule has 1 fully saturated rings. The highest BCUT2D eigenvalue weighted by Gasteiger charge is 2.32. The van der Waals surface area contributed by atoms with Crippen LogP contribution in [0, 0.1) is 0 Å². The van der Waals surface area contributed by atoms with Crippen LogP contribution in [0.5, 0.6) is 5.75 Å². The van der Waals surface area contributed by atoms with E-state index in [4.69, 9.17) is 9.72 Å². The highest BCUT2D eigenvalue weighted by molar-refractivity contribution is 5.97. The smallest absolute Gasteiger partial charge is 0.254 e. The molecule has 1 aliphatic heterocycles. The van der Waals surface area contributed by atoms with Crippen LogP contribution in [0.25, 0.3) is 22.4 Å². The first-order chi connectivity index (χ1) is 14.7. The van der Waals surface area contributed by atoms with Crippen molar-refractivity contribution < 1.29 is 9.53 Å². The first kappa shape index (κ1) is 18.3. The Morgan fingerprint density at radius 3 is 3.00 bits per heavy atom. The lowest BCUT2D eigenvalue weighted by molar-refractivity contribution is 0.0733. The Hall–Kier alpha value is -3.74. The molecule has 0 spiro atoms. The van der Waals surface area contributed by atoms with E-state index in [1.54, 1.807) is 19.6 Å². The predicted molar refractivity (Wildman–Crippen MR) is 113 cm³/mol. The van der Waals surface area contributed by atoms with Gasteiger partial charge in [-0.05, 0) is 49.2 Å². The Bertz CT molecular complexity index is 1220. The number of rotatable bonds is 4. The van der Waals surface area contributed by atoms with Crippen LogP contribution in [-0.2, 0) is 0 Å². The van der Waals surface area contributed by atoms with Crippen LogP contribution in [0.4, 0.5) is 0 Å². The molecule has 5 rings (SSSR count). The molecule has 1 amide bonds. The molecule has 0 bridgehead atoms. The van der Waals surface area contributed by atoms with Crippen molar-refractivity contribution in [2.24, 2.45) is 0 Å². The molecule has 2 aromatic heterocycles. The monoisotopic (exact) mass is 399 g/mol. The number of carbonyl (C=O) groups excluding carboxylic acids is 1. The fourth-order valence-electron chi connectivity index (χ4n) is 4.01. The van der Waals surface area contributed by atoms with Gasteiger partial charge in [0.1, 0.15) is 5.75 Å². The average molecular weight is 399 g/mol. The lowest BCUT2D eigenvalue weighted by Crippen LogP contribution is -2.31. The van der Waals surface area contributed by atoms with E-state index in [-0.39, 0.29) is 11.9 Å². The van der Waals surface area contributed by atoms with Gasteiger partial charge in [-0.2, -0.15) is 0 Å². The van der Waals surface area contributed by atoms with Crippen molar-refractivity contribution in [1.82, 2.24) is 24.8 Å². The second kappa shape index (κ2) is 7.59. The molecular formula is C23H21N5O2. The summed E-state index contributed by atoms with van der Waals surface area (Å²) in [5.41, 5.74) is 4.11. The largest absolute Gasteiger partial charge is 0.497 e. The van der Waals surface area contributed by atoms with Gasteiger partial charge in [-0.15, -0.1) is 0 Å². The standard InChI is InChI=1S/C23H21N5O2/c1-30-17-5-2-4-15(12-17)22-24-10-9-19(27-22)21-6-3-11-28(21)23(29)16-7-8-18-20(13-16)26-14-25-18/h2,4-5,7-10,12-14,21H,3,6,11H2,1H3,(H,25,26)/t21-/m1/s1. The van der Waals surface area contributed by atoms with Crippen LogP contribution in [0.2, 0.25) is 0 Å². The number of carbonyl (C=O) groups is 1. The minimum Gasteiger partial charge on any atom is -0.497 e. The Balaban J connectivity index is 1.45. The molecular weight excluding hydrogens is 378 g/mol. The number of methoxy groups -OCH3 is 1. The first-order valence-electron chi connectivity index (χ1n) is 9.94. The lowest BCUT2D eigenvalue weighted by atomic mass is 10.1. The molecule has 30 heavy (non-hydrogen) atoms. The van der Waals surface area contributed by atoms with Crippen LogP contribution in [-0.4, -0.2) is 44.4 Å².